The predicted octanol–water partition coefficient (Wildman–Crippen LogP) is 0.912. The van der Waals surface area contributed by atoms with E-state index >= 15 is 0 Å². The molecular formula is C15H21N3O2. The highest BCUT2D eigenvalue weighted by molar-refractivity contribution is 5.90. The number of fused-ring (bicyclic) bond motifs is 1. The van der Waals surface area contributed by atoms with Gasteiger partial charge in [0.25, 0.3) is 0 Å². The molecule has 3 N–H and O–H groups in total. The Labute approximate surface area is 119 Å². The van der Waals surface area contributed by atoms with E-state index in [4.69, 9.17) is 0 Å². The third-order valence-corrected chi connectivity index (χ3v) is 3.22. The first-order chi connectivity index (χ1) is 9.56. The third-order valence-electron chi connectivity index (χ3n) is 3.22. The van der Waals surface area contributed by atoms with Gasteiger partial charge in [-0.1, -0.05) is 32.0 Å². The molecule has 2 rings (SSSR count). The molecule has 0 saturated carbocycles. The molecule has 0 radical (unpaired) electrons. The summed E-state index contributed by atoms with van der Waals surface area (Å²) in [6, 6.07) is 7.57. The number of hydrogen-bond donors (Lipinski definition) is 3. The van der Waals surface area contributed by atoms with Crippen molar-refractivity contribution in [3.05, 3.63) is 29.8 Å². The summed E-state index contributed by atoms with van der Waals surface area (Å²) in [6.07, 6.45) is 0.662. The lowest BCUT2D eigenvalue weighted by molar-refractivity contribution is -0.126. The van der Waals surface area contributed by atoms with Gasteiger partial charge in [-0.2, -0.15) is 0 Å². The molecule has 5 nitrogen and oxygen atoms in total. The molecule has 1 aromatic carbocycles. The van der Waals surface area contributed by atoms with Gasteiger partial charge in [-0.05, 0) is 17.5 Å². The molecule has 1 heterocycles. The average Bonchev–Trinajstić information content (AvgIpc) is 2.86. The zero-order valence-corrected chi connectivity index (χ0v) is 11.9. The summed E-state index contributed by atoms with van der Waals surface area (Å²) in [5.74, 6) is 0.115. The molecule has 108 valence electrons. The van der Waals surface area contributed by atoms with Crippen LogP contribution in [0.3, 0.4) is 0 Å². The highest BCUT2D eigenvalue weighted by atomic mass is 16.2. The van der Waals surface area contributed by atoms with Crippen LogP contribution in [0.1, 0.15) is 19.4 Å². The Morgan fingerprint density at radius 1 is 1.30 bits per heavy atom. The van der Waals surface area contributed by atoms with Crippen molar-refractivity contribution in [3.8, 4) is 0 Å². The van der Waals surface area contributed by atoms with E-state index < -0.39 is 0 Å². The molecule has 0 aliphatic carbocycles. The summed E-state index contributed by atoms with van der Waals surface area (Å²) >= 11 is 0. The maximum atomic E-state index is 12.0. The number of hydrogen-bond acceptors (Lipinski definition) is 3. The first kappa shape index (κ1) is 14.4. The van der Waals surface area contributed by atoms with Gasteiger partial charge in [0, 0.05) is 18.7 Å². The largest absolute Gasteiger partial charge is 0.373 e. The minimum Gasteiger partial charge on any atom is -0.373 e. The molecule has 0 saturated heterocycles. The van der Waals surface area contributed by atoms with Crippen molar-refractivity contribution in [2.45, 2.75) is 26.3 Å². The van der Waals surface area contributed by atoms with Gasteiger partial charge in [0.2, 0.25) is 11.8 Å². The van der Waals surface area contributed by atoms with E-state index in [1.54, 1.807) is 0 Å². The van der Waals surface area contributed by atoms with E-state index in [0.717, 1.165) is 11.3 Å². The molecule has 20 heavy (non-hydrogen) atoms. The van der Waals surface area contributed by atoms with Crippen molar-refractivity contribution >= 4 is 17.5 Å². The molecular weight excluding hydrogens is 254 g/mol. The number of carbonyl (C=O) groups is 2. The molecule has 0 fully saturated rings. The number of carbonyl (C=O) groups excluding carboxylic acids is 2. The summed E-state index contributed by atoms with van der Waals surface area (Å²) in [7, 11) is 0. The summed E-state index contributed by atoms with van der Waals surface area (Å²) in [5, 5.41) is 8.61. The minimum atomic E-state index is -0.287. The Hall–Kier alpha value is -2.04. The van der Waals surface area contributed by atoms with Gasteiger partial charge < -0.3 is 16.0 Å². The van der Waals surface area contributed by atoms with Crippen molar-refractivity contribution in [1.29, 1.82) is 0 Å². The lowest BCUT2D eigenvalue weighted by atomic mass is 10.1. The SMILES string of the molecule is CC(C)CNC(=O)CNC(=O)C1Cc2ccccc2N1. The molecule has 1 atom stereocenters. The first-order valence-corrected chi connectivity index (χ1v) is 6.95. The van der Waals surface area contributed by atoms with E-state index in [1.165, 1.54) is 0 Å². The van der Waals surface area contributed by atoms with Crippen molar-refractivity contribution < 1.29 is 9.59 Å². The van der Waals surface area contributed by atoms with E-state index in [9.17, 15) is 9.59 Å². The van der Waals surface area contributed by atoms with Crippen molar-refractivity contribution in [3.63, 3.8) is 0 Å². The van der Waals surface area contributed by atoms with Crippen LogP contribution in [0, 0.1) is 5.92 Å². The normalized spacial score (nSPS) is 16.4. The number of anilines is 1. The molecule has 5 heteroatoms. The molecule has 2 amide bonds. The van der Waals surface area contributed by atoms with Crippen LogP contribution in [-0.4, -0.2) is 30.9 Å². The van der Waals surface area contributed by atoms with Gasteiger partial charge in [-0.25, -0.2) is 0 Å². The highest BCUT2D eigenvalue weighted by Gasteiger charge is 2.26. The molecule has 1 aliphatic heterocycles. The molecule has 1 unspecified atom stereocenters. The predicted molar refractivity (Wildman–Crippen MR) is 78.4 cm³/mol. The van der Waals surface area contributed by atoms with Crippen LogP contribution in [0.15, 0.2) is 24.3 Å². The fourth-order valence-corrected chi connectivity index (χ4v) is 2.13. The highest BCUT2D eigenvalue weighted by Crippen LogP contribution is 2.24. The van der Waals surface area contributed by atoms with Crippen molar-refractivity contribution in [2.24, 2.45) is 5.92 Å². The van der Waals surface area contributed by atoms with E-state index in [2.05, 4.69) is 16.0 Å². The summed E-state index contributed by atoms with van der Waals surface area (Å²) in [4.78, 5) is 23.5. The van der Waals surface area contributed by atoms with Gasteiger partial charge in [0.15, 0.2) is 0 Å². The summed E-state index contributed by atoms with van der Waals surface area (Å²) < 4.78 is 0. The molecule has 0 spiro atoms. The van der Waals surface area contributed by atoms with Crippen LogP contribution in [0.2, 0.25) is 0 Å². The van der Waals surface area contributed by atoms with E-state index in [1.807, 2.05) is 38.1 Å². The topological polar surface area (TPSA) is 70.2 Å². The van der Waals surface area contributed by atoms with Gasteiger partial charge in [-0.15, -0.1) is 0 Å². The maximum Gasteiger partial charge on any atom is 0.243 e. The minimum absolute atomic E-state index is 0.0279. The quantitative estimate of drug-likeness (QED) is 0.748. The number of para-hydroxylation sites is 1. The smallest absolute Gasteiger partial charge is 0.243 e. The fourth-order valence-electron chi connectivity index (χ4n) is 2.13. The zero-order chi connectivity index (χ0) is 14.5. The Bertz CT molecular complexity index is 475. The van der Waals surface area contributed by atoms with Gasteiger partial charge >= 0.3 is 0 Å². The number of nitrogens with one attached hydrogen (secondary N) is 3. The van der Waals surface area contributed by atoms with Crippen LogP contribution >= 0.6 is 0 Å². The Kier molecular flexibility index (Phi) is 4.61. The first-order valence-electron chi connectivity index (χ1n) is 6.95. The van der Waals surface area contributed by atoms with Gasteiger partial charge in [-0.3, -0.25) is 9.59 Å². The lowest BCUT2D eigenvalue weighted by Crippen LogP contribution is -2.44. The lowest BCUT2D eigenvalue weighted by Gasteiger charge is -2.12. The van der Waals surface area contributed by atoms with Crippen LogP contribution in [0.5, 0.6) is 0 Å². The summed E-state index contributed by atoms with van der Waals surface area (Å²) in [5.41, 5.74) is 2.13. The fraction of sp³-hybridized carbons (Fsp3) is 0.467. The third kappa shape index (κ3) is 3.73. The second-order valence-electron chi connectivity index (χ2n) is 5.47. The van der Waals surface area contributed by atoms with Gasteiger partial charge in [0.1, 0.15) is 6.04 Å². The van der Waals surface area contributed by atoms with E-state index in [0.29, 0.717) is 18.9 Å². The molecule has 0 aromatic heterocycles. The van der Waals surface area contributed by atoms with Crippen molar-refractivity contribution in [1.82, 2.24) is 10.6 Å². The van der Waals surface area contributed by atoms with Gasteiger partial charge in [0.05, 0.1) is 6.54 Å². The maximum absolute atomic E-state index is 12.0. The number of benzene rings is 1. The zero-order valence-electron chi connectivity index (χ0n) is 11.9. The van der Waals surface area contributed by atoms with Crippen LogP contribution in [0.25, 0.3) is 0 Å². The number of rotatable bonds is 5. The van der Waals surface area contributed by atoms with Crippen molar-refractivity contribution in [2.75, 3.05) is 18.4 Å². The summed E-state index contributed by atoms with van der Waals surface area (Å²) in [6.45, 7) is 4.71. The Morgan fingerprint density at radius 2 is 2.05 bits per heavy atom. The Morgan fingerprint density at radius 3 is 2.75 bits per heavy atom. The van der Waals surface area contributed by atoms with Crippen LogP contribution in [0.4, 0.5) is 5.69 Å². The average molecular weight is 275 g/mol. The standard InChI is InChI=1S/C15H21N3O2/c1-10(2)8-16-14(19)9-17-15(20)13-7-11-5-3-4-6-12(11)18-13/h3-6,10,13,18H,7-9H2,1-2H3,(H,16,19)(H,17,20). The van der Waals surface area contributed by atoms with E-state index in [-0.39, 0.29) is 24.4 Å². The molecule has 1 aliphatic rings. The monoisotopic (exact) mass is 275 g/mol. The van der Waals surface area contributed by atoms with Crippen LogP contribution < -0.4 is 16.0 Å². The second kappa shape index (κ2) is 6.41. The van der Waals surface area contributed by atoms with Crippen LogP contribution in [-0.2, 0) is 16.0 Å². The molecule has 1 aromatic rings. The number of amides is 2. The second-order valence-corrected chi connectivity index (χ2v) is 5.47. The Balaban J connectivity index is 1.76. The molecule has 0 bridgehead atoms.